The Kier molecular flexibility index (Phi) is 4.85. The van der Waals surface area contributed by atoms with Gasteiger partial charge in [-0.3, -0.25) is 0 Å². The van der Waals surface area contributed by atoms with E-state index in [0.29, 0.717) is 22.7 Å². The summed E-state index contributed by atoms with van der Waals surface area (Å²) in [6.07, 6.45) is -3.57. The number of rotatable bonds is 6. The van der Waals surface area contributed by atoms with Crippen molar-refractivity contribution < 1.29 is 21.6 Å². The minimum atomic E-state index is -4.53. The van der Waals surface area contributed by atoms with E-state index < -0.39 is 34.5 Å². The van der Waals surface area contributed by atoms with Gasteiger partial charge in [-0.15, -0.1) is 11.6 Å². The third kappa shape index (κ3) is 4.86. The van der Waals surface area contributed by atoms with Crippen LogP contribution in [0.25, 0.3) is 0 Å². The van der Waals surface area contributed by atoms with Crippen LogP contribution in [-0.2, 0) is 21.7 Å². The molecule has 0 bridgehead atoms. The second kappa shape index (κ2) is 6.14. The molecule has 0 N–H and O–H groups in total. The van der Waals surface area contributed by atoms with E-state index in [9.17, 15) is 21.6 Å². The molecule has 118 valence electrons. The summed E-state index contributed by atoms with van der Waals surface area (Å²) in [5, 5.41) is 0. The standard InChI is InChI=1S/C13H15ClF3NO2S/c14-7-10-2-1-3-11(6-10)8-21(19,20)18(12-4-5-12)9-13(15,16)17/h1-3,6,12H,4-5,7-9H2. The lowest BCUT2D eigenvalue weighted by Gasteiger charge is -2.23. The number of halogens is 4. The van der Waals surface area contributed by atoms with Crippen LogP contribution in [0.5, 0.6) is 0 Å². The minimum absolute atomic E-state index is 0.225. The van der Waals surface area contributed by atoms with E-state index in [-0.39, 0.29) is 5.88 Å². The van der Waals surface area contributed by atoms with Crippen molar-refractivity contribution in [2.24, 2.45) is 0 Å². The third-order valence-corrected chi connectivity index (χ3v) is 5.29. The molecule has 1 aromatic rings. The molecule has 2 rings (SSSR count). The van der Waals surface area contributed by atoms with Gasteiger partial charge in [-0.25, -0.2) is 8.42 Å². The van der Waals surface area contributed by atoms with E-state index in [0.717, 1.165) is 5.56 Å². The van der Waals surface area contributed by atoms with Gasteiger partial charge >= 0.3 is 6.18 Å². The van der Waals surface area contributed by atoms with Crippen LogP contribution in [0.15, 0.2) is 24.3 Å². The predicted octanol–water partition coefficient (Wildman–Crippen LogP) is 3.28. The average molecular weight is 342 g/mol. The van der Waals surface area contributed by atoms with Gasteiger partial charge in [-0.1, -0.05) is 24.3 Å². The van der Waals surface area contributed by atoms with Crippen molar-refractivity contribution >= 4 is 21.6 Å². The Morgan fingerprint density at radius 3 is 2.38 bits per heavy atom. The van der Waals surface area contributed by atoms with Gasteiger partial charge in [0.1, 0.15) is 6.54 Å². The Morgan fingerprint density at radius 2 is 1.86 bits per heavy atom. The molecule has 1 saturated carbocycles. The van der Waals surface area contributed by atoms with E-state index in [1.165, 1.54) is 0 Å². The van der Waals surface area contributed by atoms with Crippen LogP contribution in [0.2, 0.25) is 0 Å². The normalized spacial score (nSPS) is 16.4. The lowest BCUT2D eigenvalue weighted by Crippen LogP contribution is -2.41. The van der Waals surface area contributed by atoms with Crippen LogP contribution in [0.3, 0.4) is 0 Å². The van der Waals surface area contributed by atoms with Crippen molar-refractivity contribution in [1.82, 2.24) is 4.31 Å². The minimum Gasteiger partial charge on any atom is -0.212 e. The first kappa shape index (κ1) is 16.6. The largest absolute Gasteiger partial charge is 0.402 e. The highest BCUT2D eigenvalue weighted by Gasteiger charge is 2.44. The fraction of sp³-hybridized carbons (Fsp3) is 0.538. The SMILES string of the molecule is O=S(=O)(Cc1cccc(CCl)c1)N(CC(F)(F)F)C1CC1. The van der Waals surface area contributed by atoms with Gasteiger partial charge in [0.15, 0.2) is 0 Å². The van der Waals surface area contributed by atoms with E-state index in [4.69, 9.17) is 11.6 Å². The first-order valence-corrected chi connectivity index (χ1v) is 8.56. The Balaban J connectivity index is 2.18. The van der Waals surface area contributed by atoms with Crippen LogP contribution in [-0.4, -0.2) is 31.5 Å². The molecule has 0 saturated heterocycles. The van der Waals surface area contributed by atoms with Crippen molar-refractivity contribution in [2.75, 3.05) is 6.54 Å². The fourth-order valence-corrected chi connectivity index (χ4v) is 4.03. The predicted molar refractivity (Wildman–Crippen MR) is 74.4 cm³/mol. The van der Waals surface area contributed by atoms with E-state index >= 15 is 0 Å². The van der Waals surface area contributed by atoms with Gasteiger partial charge in [0.2, 0.25) is 10.0 Å². The second-order valence-corrected chi connectivity index (χ2v) is 7.29. The Labute approximate surface area is 126 Å². The topological polar surface area (TPSA) is 37.4 Å². The van der Waals surface area contributed by atoms with Gasteiger partial charge in [0, 0.05) is 11.9 Å². The lowest BCUT2D eigenvalue weighted by atomic mass is 10.2. The van der Waals surface area contributed by atoms with Crippen molar-refractivity contribution in [3.63, 3.8) is 0 Å². The van der Waals surface area contributed by atoms with Gasteiger partial charge in [-0.05, 0) is 24.0 Å². The van der Waals surface area contributed by atoms with Crippen LogP contribution < -0.4 is 0 Å². The highest BCUT2D eigenvalue weighted by molar-refractivity contribution is 7.88. The van der Waals surface area contributed by atoms with E-state index in [2.05, 4.69) is 0 Å². The molecule has 1 aliphatic rings. The third-order valence-electron chi connectivity index (χ3n) is 3.14. The molecule has 21 heavy (non-hydrogen) atoms. The molecule has 0 amide bonds. The second-order valence-electron chi connectivity index (χ2n) is 5.10. The number of hydrogen-bond donors (Lipinski definition) is 0. The zero-order valence-electron chi connectivity index (χ0n) is 11.1. The molecular weight excluding hydrogens is 327 g/mol. The van der Waals surface area contributed by atoms with Gasteiger partial charge < -0.3 is 0 Å². The maximum Gasteiger partial charge on any atom is 0.402 e. The van der Waals surface area contributed by atoms with Crippen LogP contribution in [0.4, 0.5) is 13.2 Å². The maximum absolute atomic E-state index is 12.6. The molecule has 1 aliphatic carbocycles. The number of benzene rings is 1. The maximum atomic E-state index is 12.6. The molecule has 0 heterocycles. The summed E-state index contributed by atoms with van der Waals surface area (Å²) in [4.78, 5) is 0. The summed E-state index contributed by atoms with van der Waals surface area (Å²) in [7, 11) is -4.00. The molecule has 0 unspecified atom stereocenters. The van der Waals surface area contributed by atoms with Crippen LogP contribution in [0, 0.1) is 0 Å². The van der Waals surface area contributed by atoms with Gasteiger partial charge in [-0.2, -0.15) is 17.5 Å². The van der Waals surface area contributed by atoms with Crippen LogP contribution in [0.1, 0.15) is 24.0 Å². The Hall–Kier alpha value is -0.790. The highest BCUT2D eigenvalue weighted by Crippen LogP contribution is 2.33. The zero-order valence-corrected chi connectivity index (χ0v) is 12.7. The monoisotopic (exact) mass is 341 g/mol. The lowest BCUT2D eigenvalue weighted by molar-refractivity contribution is -0.137. The molecule has 1 aromatic carbocycles. The summed E-state index contributed by atoms with van der Waals surface area (Å²) in [5.41, 5.74) is 1.18. The summed E-state index contributed by atoms with van der Waals surface area (Å²) in [5.74, 6) is -0.215. The molecule has 0 radical (unpaired) electrons. The summed E-state index contributed by atoms with van der Waals surface area (Å²) >= 11 is 5.67. The van der Waals surface area contributed by atoms with Crippen molar-refractivity contribution in [3.05, 3.63) is 35.4 Å². The highest BCUT2D eigenvalue weighted by atomic mass is 35.5. The molecule has 1 fully saturated rings. The number of hydrogen-bond acceptors (Lipinski definition) is 2. The van der Waals surface area contributed by atoms with E-state index in [1.54, 1.807) is 24.3 Å². The average Bonchev–Trinajstić information content (AvgIpc) is 3.18. The molecule has 0 spiro atoms. The number of sulfonamides is 1. The van der Waals surface area contributed by atoms with Gasteiger partial charge in [0.05, 0.1) is 5.75 Å². The molecule has 0 atom stereocenters. The van der Waals surface area contributed by atoms with Crippen LogP contribution >= 0.6 is 11.6 Å². The fourth-order valence-electron chi connectivity index (χ4n) is 2.09. The van der Waals surface area contributed by atoms with Crippen molar-refractivity contribution in [3.8, 4) is 0 Å². The summed E-state index contributed by atoms with van der Waals surface area (Å²) in [6.45, 7) is -1.42. The molecule has 3 nitrogen and oxygen atoms in total. The quantitative estimate of drug-likeness (QED) is 0.745. The number of nitrogens with zero attached hydrogens (tertiary/aromatic N) is 1. The van der Waals surface area contributed by atoms with Gasteiger partial charge in [0.25, 0.3) is 0 Å². The molecule has 8 heteroatoms. The molecule has 0 aliphatic heterocycles. The molecule has 0 aromatic heterocycles. The smallest absolute Gasteiger partial charge is 0.212 e. The Morgan fingerprint density at radius 1 is 1.24 bits per heavy atom. The molecular formula is C13H15ClF3NO2S. The Bertz CT molecular complexity index is 600. The number of alkyl halides is 4. The van der Waals surface area contributed by atoms with Crippen molar-refractivity contribution in [2.45, 2.75) is 36.7 Å². The summed E-state index contributed by atoms with van der Waals surface area (Å²) in [6, 6.07) is 6.04. The summed E-state index contributed by atoms with van der Waals surface area (Å²) < 4.78 is 62.8. The first-order chi connectivity index (χ1) is 9.71. The zero-order chi connectivity index (χ0) is 15.7. The van der Waals surface area contributed by atoms with Crippen molar-refractivity contribution in [1.29, 1.82) is 0 Å². The first-order valence-electron chi connectivity index (χ1n) is 6.41. The van der Waals surface area contributed by atoms with E-state index in [1.807, 2.05) is 0 Å².